The molecular weight excluding hydrogens is 476 g/mol. The molecule has 0 aromatic heterocycles. The molecule has 4 aromatic rings. The zero-order valence-corrected chi connectivity index (χ0v) is 22.6. The lowest BCUT2D eigenvalue weighted by atomic mass is 10.2. The van der Waals surface area contributed by atoms with E-state index in [1.54, 1.807) is 0 Å². The van der Waals surface area contributed by atoms with Crippen LogP contribution in [0.5, 0.6) is 23.0 Å². The summed E-state index contributed by atoms with van der Waals surface area (Å²) >= 11 is 0. The lowest BCUT2D eigenvalue weighted by molar-refractivity contribution is 0.217. The summed E-state index contributed by atoms with van der Waals surface area (Å²) in [6.45, 7) is 9.97. The van der Waals surface area contributed by atoms with Crippen LogP contribution in [0.4, 0.5) is 11.4 Å². The van der Waals surface area contributed by atoms with Crippen LogP contribution in [0, 0.1) is 13.8 Å². The first-order valence-corrected chi connectivity index (χ1v) is 12.9. The van der Waals surface area contributed by atoms with Crippen molar-refractivity contribution in [1.29, 1.82) is 0 Å². The first-order valence-electron chi connectivity index (χ1n) is 12.9. The highest BCUT2D eigenvalue weighted by Gasteiger charge is 1.99. The third kappa shape index (κ3) is 9.97. The molecule has 0 unspecified atom stereocenters. The summed E-state index contributed by atoms with van der Waals surface area (Å²) in [4.78, 5) is 0. The Morgan fingerprint density at radius 1 is 0.395 bits per heavy atom. The molecule has 0 saturated carbocycles. The molecule has 0 spiro atoms. The van der Waals surface area contributed by atoms with Gasteiger partial charge >= 0.3 is 0 Å². The van der Waals surface area contributed by atoms with E-state index in [0.29, 0.717) is 26.4 Å². The Morgan fingerprint density at radius 2 is 0.632 bits per heavy atom. The van der Waals surface area contributed by atoms with Gasteiger partial charge in [0, 0.05) is 0 Å². The van der Waals surface area contributed by atoms with E-state index in [-0.39, 0.29) is 0 Å². The van der Waals surface area contributed by atoms with Gasteiger partial charge in [-0.05, 0) is 86.6 Å². The second-order valence-electron chi connectivity index (χ2n) is 8.21. The van der Waals surface area contributed by atoms with Crippen molar-refractivity contribution in [2.75, 3.05) is 26.4 Å². The second-order valence-corrected chi connectivity index (χ2v) is 8.21. The normalized spacial score (nSPS) is 10.4. The van der Waals surface area contributed by atoms with Crippen LogP contribution in [0.25, 0.3) is 0 Å². The molecule has 0 radical (unpaired) electrons. The average Bonchev–Trinajstić information content (AvgIpc) is 2.96. The van der Waals surface area contributed by atoms with Crippen LogP contribution in [0.3, 0.4) is 0 Å². The van der Waals surface area contributed by atoms with Crippen LogP contribution in [-0.2, 0) is 0 Å². The van der Waals surface area contributed by atoms with E-state index in [1.165, 1.54) is 11.1 Å². The van der Waals surface area contributed by atoms with Gasteiger partial charge < -0.3 is 18.9 Å². The summed E-state index contributed by atoms with van der Waals surface area (Å²) in [7, 11) is 0. The Hall–Kier alpha value is -4.32. The smallest absolute Gasteiger partial charge is 0.122 e. The third-order valence-corrected chi connectivity index (χ3v) is 5.24. The number of rotatable bonds is 12. The van der Waals surface area contributed by atoms with Crippen molar-refractivity contribution in [2.45, 2.75) is 27.7 Å². The molecule has 0 heterocycles. The Kier molecular flexibility index (Phi) is 11.7. The molecule has 0 amide bonds. The Labute approximate surface area is 225 Å². The maximum Gasteiger partial charge on any atom is 0.122 e. The predicted octanol–water partition coefficient (Wildman–Crippen LogP) is 8.66. The van der Waals surface area contributed by atoms with E-state index in [4.69, 9.17) is 18.9 Å². The van der Waals surface area contributed by atoms with Crippen molar-refractivity contribution in [3.05, 3.63) is 108 Å². The zero-order valence-electron chi connectivity index (χ0n) is 22.6. The van der Waals surface area contributed by atoms with E-state index in [9.17, 15) is 0 Å². The number of nitrogens with zero attached hydrogens (tertiary/aromatic N) is 2. The van der Waals surface area contributed by atoms with Crippen molar-refractivity contribution < 1.29 is 18.9 Å². The molecule has 38 heavy (non-hydrogen) atoms. The molecule has 0 saturated heterocycles. The first kappa shape index (κ1) is 28.3. The predicted molar refractivity (Wildman–Crippen MR) is 153 cm³/mol. The maximum atomic E-state index is 5.73. The standard InChI is InChI=1S/C30H30N2O4.C2H6/c1-23-3-11-27(12-4-23)33-19-21-35-29-15-7-25(8-16-29)31-32-26-9-17-30(18-10-26)36-22-20-34-28-13-5-24(2)6-14-28;1-2/h3-18H,19-22H2,1-2H3;1-2H3. The van der Waals surface area contributed by atoms with Crippen molar-refractivity contribution >= 4 is 11.4 Å². The summed E-state index contributed by atoms with van der Waals surface area (Å²) in [5.74, 6) is 3.20. The van der Waals surface area contributed by atoms with Crippen molar-refractivity contribution in [3.8, 4) is 23.0 Å². The van der Waals surface area contributed by atoms with Gasteiger partial charge in [-0.25, -0.2) is 0 Å². The number of aryl methyl sites for hydroxylation is 2. The molecule has 0 aliphatic heterocycles. The molecule has 0 bridgehead atoms. The van der Waals surface area contributed by atoms with Gasteiger partial charge in [0.1, 0.15) is 49.4 Å². The van der Waals surface area contributed by atoms with E-state index in [2.05, 4.69) is 10.2 Å². The molecule has 6 nitrogen and oxygen atoms in total. The summed E-state index contributed by atoms with van der Waals surface area (Å²) in [5.41, 5.74) is 3.90. The Bertz CT molecular complexity index is 1120. The van der Waals surface area contributed by atoms with Gasteiger partial charge in [-0.15, -0.1) is 0 Å². The lowest BCUT2D eigenvalue weighted by Gasteiger charge is -2.09. The molecular formula is C32H36N2O4. The molecule has 4 aromatic carbocycles. The topological polar surface area (TPSA) is 61.6 Å². The highest BCUT2D eigenvalue weighted by atomic mass is 16.5. The number of hydrogen-bond donors (Lipinski definition) is 0. The van der Waals surface area contributed by atoms with Gasteiger partial charge in [0.05, 0.1) is 11.4 Å². The molecule has 6 heteroatoms. The van der Waals surface area contributed by atoms with E-state index in [1.807, 2.05) is 125 Å². The fourth-order valence-corrected chi connectivity index (χ4v) is 3.24. The SMILES string of the molecule is CC.Cc1ccc(OCCOc2ccc(N=Nc3ccc(OCCOc4ccc(C)cc4)cc3)cc2)cc1. The molecule has 0 fully saturated rings. The van der Waals surface area contributed by atoms with Gasteiger partial charge in [-0.3, -0.25) is 0 Å². The highest BCUT2D eigenvalue weighted by molar-refractivity contribution is 5.44. The molecule has 0 N–H and O–H groups in total. The monoisotopic (exact) mass is 512 g/mol. The van der Waals surface area contributed by atoms with Gasteiger partial charge in [-0.1, -0.05) is 49.2 Å². The number of ether oxygens (including phenoxy) is 4. The van der Waals surface area contributed by atoms with Crippen LogP contribution in [-0.4, -0.2) is 26.4 Å². The summed E-state index contributed by atoms with van der Waals surface area (Å²) in [5, 5.41) is 8.58. The van der Waals surface area contributed by atoms with Crippen LogP contribution in [0.1, 0.15) is 25.0 Å². The van der Waals surface area contributed by atoms with E-state index in [0.717, 1.165) is 34.4 Å². The molecule has 0 atom stereocenters. The van der Waals surface area contributed by atoms with Gasteiger partial charge in [0.25, 0.3) is 0 Å². The molecule has 198 valence electrons. The van der Waals surface area contributed by atoms with Gasteiger partial charge in [0.2, 0.25) is 0 Å². The minimum absolute atomic E-state index is 0.460. The van der Waals surface area contributed by atoms with Gasteiger partial charge in [0.15, 0.2) is 0 Å². The quantitative estimate of drug-likeness (QED) is 0.141. The summed E-state index contributed by atoms with van der Waals surface area (Å²) in [6, 6.07) is 30.9. The zero-order chi connectivity index (χ0) is 27.0. The molecule has 4 rings (SSSR count). The minimum Gasteiger partial charge on any atom is -0.490 e. The Balaban J connectivity index is 0.00000195. The Morgan fingerprint density at radius 3 is 0.895 bits per heavy atom. The fraction of sp³-hybridized carbons (Fsp3) is 0.250. The number of azo groups is 1. The maximum absolute atomic E-state index is 5.73. The van der Waals surface area contributed by atoms with Crippen molar-refractivity contribution in [3.63, 3.8) is 0 Å². The highest BCUT2D eigenvalue weighted by Crippen LogP contribution is 2.23. The van der Waals surface area contributed by atoms with Crippen LogP contribution >= 0.6 is 0 Å². The van der Waals surface area contributed by atoms with E-state index < -0.39 is 0 Å². The van der Waals surface area contributed by atoms with Gasteiger partial charge in [-0.2, -0.15) is 10.2 Å². The number of hydrogen-bond acceptors (Lipinski definition) is 6. The van der Waals surface area contributed by atoms with Crippen LogP contribution in [0.2, 0.25) is 0 Å². The summed E-state index contributed by atoms with van der Waals surface area (Å²) in [6.07, 6.45) is 0. The first-order chi connectivity index (χ1) is 18.6. The van der Waals surface area contributed by atoms with Crippen molar-refractivity contribution in [1.82, 2.24) is 0 Å². The molecule has 0 aliphatic carbocycles. The van der Waals surface area contributed by atoms with Crippen LogP contribution in [0.15, 0.2) is 107 Å². The molecule has 0 aliphatic rings. The largest absolute Gasteiger partial charge is 0.490 e. The number of benzene rings is 4. The average molecular weight is 513 g/mol. The third-order valence-electron chi connectivity index (χ3n) is 5.24. The van der Waals surface area contributed by atoms with E-state index >= 15 is 0 Å². The fourth-order valence-electron chi connectivity index (χ4n) is 3.24. The lowest BCUT2D eigenvalue weighted by Crippen LogP contribution is -2.08. The van der Waals surface area contributed by atoms with Crippen molar-refractivity contribution in [2.24, 2.45) is 10.2 Å². The minimum atomic E-state index is 0.460. The summed E-state index contributed by atoms with van der Waals surface area (Å²) < 4.78 is 22.8. The second kappa shape index (κ2) is 15.7. The van der Waals surface area contributed by atoms with Crippen LogP contribution < -0.4 is 18.9 Å².